The number of aromatic nitrogens is 1. The lowest BCUT2D eigenvalue weighted by Crippen LogP contribution is -2.01. The van der Waals surface area contributed by atoms with Gasteiger partial charge < -0.3 is 14.5 Å². The Morgan fingerprint density at radius 3 is 2.15 bits per heavy atom. The number of rotatable bonds is 3. The van der Waals surface area contributed by atoms with Gasteiger partial charge >= 0.3 is 0 Å². The molecule has 1 saturated heterocycles. The number of nitrogens with one attached hydrogen (secondary N) is 1. The Kier molecular flexibility index (Phi) is 4.21. The average Bonchev–Trinajstić information content (AvgIpc) is 3.36. The highest BCUT2D eigenvalue weighted by molar-refractivity contribution is 6.33. The highest BCUT2D eigenvalue weighted by Crippen LogP contribution is 2.43. The fourth-order valence-electron chi connectivity index (χ4n) is 3.77. The monoisotopic (exact) mass is 375 g/mol. The van der Waals surface area contributed by atoms with Crippen LogP contribution < -0.4 is 0 Å². The molecule has 0 saturated carbocycles. The van der Waals surface area contributed by atoms with E-state index in [1.807, 2.05) is 30.3 Å². The number of para-hydroxylation sites is 1. The summed E-state index contributed by atoms with van der Waals surface area (Å²) in [4.78, 5) is 3.51. The van der Waals surface area contributed by atoms with Crippen molar-refractivity contribution in [2.45, 2.75) is 6.29 Å². The first-order valence-electron chi connectivity index (χ1n) is 9.01. The summed E-state index contributed by atoms with van der Waals surface area (Å²) in [5.74, 6) is 0. The number of fused-ring (bicyclic) bond motifs is 1. The third-order valence-corrected chi connectivity index (χ3v) is 5.28. The molecule has 0 unspecified atom stereocenters. The number of halogens is 1. The molecule has 4 aromatic rings. The minimum Gasteiger partial charge on any atom is -0.354 e. The standard InChI is InChI=1S/C23H18ClNO2/c24-19-11-5-3-8-16(19)15-7-1-2-9-17(15)21-18-10-4-6-12-20(18)25-22(21)23-26-13-14-27-23/h1-12,23,25H,13-14H2. The number of benzene rings is 3. The van der Waals surface area contributed by atoms with Gasteiger partial charge in [-0.1, -0.05) is 72.3 Å². The first-order valence-corrected chi connectivity index (χ1v) is 9.39. The zero-order chi connectivity index (χ0) is 18.2. The summed E-state index contributed by atoms with van der Waals surface area (Å²) in [5, 5.41) is 1.88. The van der Waals surface area contributed by atoms with Gasteiger partial charge in [0.15, 0.2) is 6.29 Å². The Bertz CT molecular complexity index is 1110. The summed E-state index contributed by atoms with van der Waals surface area (Å²) in [6.07, 6.45) is -0.383. The molecule has 0 bridgehead atoms. The van der Waals surface area contributed by atoms with Crippen molar-refractivity contribution < 1.29 is 9.47 Å². The fourth-order valence-corrected chi connectivity index (χ4v) is 4.01. The molecular formula is C23H18ClNO2. The highest BCUT2D eigenvalue weighted by Gasteiger charge is 2.27. The van der Waals surface area contributed by atoms with E-state index in [0.717, 1.165) is 43.9 Å². The molecule has 134 valence electrons. The predicted molar refractivity (Wildman–Crippen MR) is 109 cm³/mol. The minimum absolute atomic E-state index is 0.383. The Hall–Kier alpha value is -2.59. The van der Waals surface area contributed by atoms with E-state index in [0.29, 0.717) is 13.2 Å². The Labute approximate surface area is 162 Å². The number of aromatic amines is 1. The van der Waals surface area contributed by atoms with E-state index < -0.39 is 0 Å². The van der Waals surface area contributed by atoms with Crippen LogP contribution in [-0.4, -0.2) is 18.2 Å². The van der Waals surface area contributed by atoms with E-state index in [9.17, 15) is 0 Å². The molecule has 0 atom stereocenters. The van der Waals surface area contributed by atoms with Gasteiger partial charge in [0.1, 0.15) is 0 Å². The average molecular weight is 376 g/mol. The van der Waals surface area contributed by atoms with Crippen molar-refractivity contribution in [1.29, 1.82) is 0 Å². The summed E-state index contributed by atoms with van der Waals surface area (Å²) < 4.78 is 11.6. The maximum Gasteiger partial charge on any atom is 0.199 e. The van der Waals surface area contributed by atoms with Crippen molar-refractivity contribution in [2.24, 2.45) is 0 Å². The van der Waals surface area contributed by atoms with Gasteiger partial charge in [0.25, 0.3) is 0 Å². The summed E-state index contributed by atoms with van der Waals surface area (Å²) in [6, 6.07) is 24.6. The van der Waals surface area contributed by atoms with E-state index in [2.05, 4.69) is 47.4 Å². The topological polar surface area (TPSA) is 34.2 Å². The molecule has 1 N–H and O–H groups in total. The lowest BCUT2D eigenvalue weighted by atomic mass is 9.92. The largest absolute Gasteiger partial charge is 0.354 e. The van der Waals surface area contributed by atoms with Crippen molar-refractivity contribution in [3.05, 3.63) is 83.5 Å². The van der Waals surface area contributed by atoms with Crippen LogP contribution in [-0.2, 0) is 9.47 Å². The molecule has 27 heavy (non-hydrogen) atoms. The van der Waals surface area contributed by atoms with Gasteiger partial charge in [0, 0.05) is 27.1 Å². The molecule has 1 aliphatic rings. The molecular weight excluding hydrogens is 358 g/mol. The van der Waals surface area contributed by atoms with Crippen molar-refractivity contribution in [1.82, 2.24) is 4.98 Å². The van der Waals surface area contributed by atoms with Crippen LogP contribution >= 0.6 is 11.6 Å². The summed E-state index contributed by atoms with van der Waals surface area (Å²) in [7, 11) is 0. The molecule has 5 rings (SSSR count). The van der Waals surface area contributed by atoms with Gasteiger partial charge in [-0.2, -0.15) is 0 Å². The maximum absolute atomic E-state index is 6.52. The van der Waals surface area contributed by atoms with E-state index in [1.54, 1.807) is 0 Å². The van der Waals surface area contributed by atoms with Crippen LogP contribution in [0, 0.1) is 0 Å². The van der Waals surface area contributed by atoms with E-state index in [4.69, 9.17) is 21.1 Å². The van der Waals surface area contributed by atoms with Crippen molar-refractivity contribution in [3.8, 4) is 22.3 Å². The second kappa shape index (κ2) is 6.86. The van der Waals surface area contributed by atoms with Gasteiger partial charge in [0.2, 0.25) is 0 Å². The molecule has 1 fully saturated rings. The quantitative estimate of drug-likeness (QED) is 0.462. The van der Waals surface area contributed by atoms with Gasteiger partial charge in [0.05, 0.1) is 18.9 Å². The molecule has 3 nitrogen and oxygen atoms in total. The van der Waals surface area contributed by atoms with Crippen LogP contribution in [0.15, 0.2) is 72.8 Å². The summed E-state index contributed by atoms with van der Waals surface area (Å²) in [6.45, 7) is 1.21. The van der Waals surface area contributed by atoms with Crippen molar-refractivity contribution in [2.75, 3.05) is 13.2 Å². The summed E-state index contributed by atoms with van der Waals surface area (Å²) >= 11 is 6.52. The van der Waals surface area contributed by atoms with Crippen LogP contribution in [0.1, 0.15) is 12.0 Å². The predicted octanol–water partition coefficient (Wildman–Crippen LogP) is 6.20. The normalized spacial score (nSPS) is 14.9. The molecule has 0 spiro atoms. The molecule has 3 aromatic carbocycles. The number of H-pyrrole nitrogens is 1. The van der Waals surface area contributed by atoms with E-state index in [-0.39, 0.29) is 6.29 Å². The van der Waals surface area contributed by atoms with Gasteiger partial charge in [-0.15, -0.1) is 0 Å². The SMILES string of the molecule is Clc1ccccc1-c1ccccc1-c1c(C2OCCO2)[nH]c2ccccc12. The van der Waals surface area contributed by atoms with Crippen LogP contribution in [0.4, 0.5) is 0 Å². The van der Waals surface area contributed by atoms with E-state index in [1.165, 1.54) is 0 Å². The van der Waals surface area contributed by atoms with Crippen LogP contribution in [0.5, 0.6) is 0 Å². The molecule has 4 heteroatoms. The van der Waals surface area contributed by atoms with Crippen LogP contribution in [0.2, 0.25) is 5.02 Å². The molecule has 1 aliphatic heterocycles. The van der Waals surface area contributed by atoms with Gasteiger partial charge in [-0.3, -0.25) is 0 Å². The second-order valence-corrected chi connectivity index (χ2v) is 6.97. The third kappa shape index (κ3) is 2.85. The lowest BCUT2D eigenvalue weighted by molar-refractivity contribution is -0.0463. The van der Waals surface area contributed by atoms with Gasteiger partial charge in [-0.25, -0.2) is 0 Å². The zero-order valence-electron chi connectivity index (χ0n) is 14.6. The molecule has 0 amide bonds. The van der Waals surface area contributed by atoms with E-state index >= 15 is 0 Å². The first-order chi connectivity index (χ1) is 13.3. The third-order valence-electron chi connectivity index (χ3n) is 4.95. The first kappa shape index (κ1) is 16.6. The molecule has 0 radical (unpaired) electrons. The van der Waals surface area contributed by atoms with Crippen LogP contribution in [0.25, 0.3) is 33.2 Å². The Balaban J connectivity index is 1.80. The Morgan fingerprint density at radius 1 is 0.741 bits per heavy atom. The second-order valence-electron chi connectivity index (χ2n) is 6.56. The van der Waals surface area contributed by atoms with Gasteiger partial charge in [-0.05, 0) is 23.3 Å². The Morgan fingerprint density at radius 2 is 1.37 bits per heavy atom. The summed E-state index contributed by atoms with van der Waals surface area (Å²) in [5.41, 5.74) is 6.33. The fraction of sp³-hybridized carbons (Fsp3) is 0.130. The number of hydrogen-bond donors (Lipinski definition) is 1. The molecule has 0 aliphatic carbocycles. The minimum atomic E-state index is -0.383. The van der Waals surface area contributed by atoms with Crippen LogP contribution in [0.3, 0.4) is 0 Å². The van der Waals surface area contributed by atoms with Crippen molar-refractivity contribution >= 4 is 22.5 Å². The number of hydrogen-bond acceptors (Lipinski definition) is 2. The number of ether oxygens (including phenoxy) is 2. The van der Waals surface area contributed by atoms with Crippen molar-refractivity contribution in [3.63, 3.8) is 0 Å². The zero-order valence-corrected chi connectivity index (χ0v) is 15.4. The smallest absolute Gasteiger partial charge is 0.199 e. The molecule has 1 aromatic heterocycles. The molecule has 2 heterocycles. The lowest BCUT2D eigenvalue weighted by Gasteiger charge is -2.15. The highest BCUT2D eigenvalue weighted by atomic mass is 35.5. The maximum atomic E-state index is 6.52.